The topological polar surface area (TPSA) is 83.7 Å². The molecule has 138 valence electrons. The van der Waals surface area contributed by atoms with Gasteiger partial charge in [-0.1, -0.05) is 11.2 Å². The summed E-state index contributed by atoms with van der Waals surface area (Å²) in [5.74, 6) is 1.61. The van der Waals surface area contributed by atoms with E-state index in [9.17, 15) is 4.79 Å². The Balaban J connectivity index is 1.33. The van der Waals surface area contributed by atoms with Crippen molar-refractivity contribution in [2.45, 2.75) is 13.0 Å². The third-order valence-electron chi connectivity index (χ3n) is 3.77. The van der Waals surface area contributed by atoms with Crippen LogP contribution in [-0.4, -0.2) is 29.3 Å². The normalized spacial score (nSPS) is 13.5. The van der Waals surface area contributed by atoms with Crippen LogP contribution in [0.5, 0.6) is 11.5 Å². The van der Waals surface area contributed by atoms with E-state index in [1.54, 1.807) is 17.4 Å². The van der Waals surface area contributed by atoms with Gasteiger partial charge in [0.2, 0.25) is 5.82 Å². The molecule has 0 spiro atoms. The molecule has 8 heteroatoms. The van der Waals surface area contributed by atoms with Gasteiger partial charge in [0.25, 0.3) is 5.89 Å². The molecule has 0 saturated carbocycles. The average Bonchev–Trinajstić information content (AvgIpc) is 3.32. The third-order valence-corrected chi connectivity index (χ3v) is 4.45. The van der Waals surface area contributed by atoms with E-state index in [-0.39, 0.29) is 12.5 Å². The molecule has 0 saturated heterocycles. The van der Waals surface area contributed by atoms with Crippen LogP contribution >= 0.6 is 11.3 Å². The Kier molecular flexibility index (Phi) is 5.15. The fourth-order valence-electron chi connectivity index (χ4n) is 2.45. The molecule has 0 aliphatic carbocycles. The molecule has 0 bridgehead atoms. The zero-order valence-electron chi connectivity index (χ0n) is 14.3. The Morgan fingerprint density at radius 3 is 2.96 bits per heavy atom. The average molecular weight is 384 g/mol. The summed E-state index contributed by atoms with van der Waals surface area (Å²) in [5.41, 5.74) is 1.68. The highest BCUT2D eigenvalue weighted by atomic mass is 32.1. The van der Waals surface area contributed by atoms with Crippen LogP contribution in [0.25, 0.3) is 17.5 Å². The molecule has 0 amide bonds. The van der Waals surface area contributed by atoms with Crippen molar-refractivity contribution in [1.29, 1.82) is 0 Å². The lowest BCUT2D eigenvalue weighted by atomic mass is 10.2. The Morgan fingerprint density at radius 1 is 1.22 bits per heavy atom. The molecule has 0 atom stereocenters. The molecule has 3 aromatic rings. The second-order valence-electron chi connectivity index (χ2n) is 5.72. The molecule has 0 unspecified atom stereocenters. The second-order valence-corrected chi connectivity index (χ2v) is 6.50. The van der Waals surface area contributed by atoms with Gasteiger partial charge < -0.3 is 18.7 Å². The van der Waals surface area contributed by atoms with Crippen LogP contribution in [0.3, 0.4) is 0 Å². The number of carbonyl (C=O) groups excluding carboxylic acids is 1. The van der Waals surface area contributed by atoms with E-state index in [1.165, 1.54) is 6.08 Å². The first kappa shape index (κ1) is 17.3. The van der Waals surface area contributed by atoms with Gasteiger partial charge in [-0.2, -0.15) is 16.3 Å². The molecule has 1 aliphatic rings. The van der Waals surface area contributed by atoms with Crippen molar-refractivity contribution in [2.75, 3.05) is 13.2 Å². The summed E-state index contributed by atoms with van der Waals surface area (Å²) in [5, 5.41) is 7.71. The minimum absolute atomic E-state index is 0.0819. The first-order valence-corrected chi connectivity index (χ1v) is 9.32. The fourth-order valence-corrected chi connectivity index (χ4v) is 3.09. The minimum atomic E-state index is -0.502. The number of carbonyl (C=O) groups is 1. The van der Waals surface area contributed by atoms with E-state index >= 15 is 0 Å². The highest BCUT2D eigenvalue weighted by Gasteiger charge is 2.11. The minimum Gasteiger partial charge on any atom is -0.490 e. The molecule has 2 aromatic heterocycles. The van der Waals surface area contributed by atoms with Crippen LogP contribution in [0.1, 0.15) is 17.9 Å². The summed E-state index contributed by atoms with van der Waals surface area (Å²) in [6, 6.07) is 7.40. The van der Waals surface area contributed by atoms with Crippen LogP contribution in [-0.2, 0) is 16.1 Å². The highest BCUT2D eigenvalue weighted by molar-refractivity contribution is 7.08. The van der Waals surface area contributed by atoms with E-state index in [0.29, 0.717) is 30.5 Å². The van der Waals surface area contributed by atoms with Crippen molar-refractivity contribution in [3.05, 3.63) is 52.6 Å². The summed E-state index contributed by atoms with van der Waals surface area (Å²) >= 11 is 1.54. The molecule has 3 heterocycles. The SMILES string of the molecule is O=C(/C=C/c1ccc2c(c1)OCCCO2)OCc1nc(-c2ccsc2)no1. The summed E-state index contributed by atoms with van der Waals surface area (Å²) in [6.45, 7) is 1.17. The highest BCUT2D eigenvalue weighted by Crippen LogP contribution is 2.30. The number of rotatable bonds is 5. The quantitative estimate of drug-likeness (QED) is 0.490. The lowest BCUT2D eigenvalue weighted by Gasteiger charge is -2.07. The first-order chi connectivity index (χ1) is 13.3. The van der Waals surface area contributed by atoms with E-state index in [1.807, 2.05) is 35.0 Å². The van der Waals surface area contributed by atoms with Gasteiger partial charge in [-0.25, -0.2) is 4.79 Å². The Bertz CT molecular complexity index is 949. The van der Waals surface area contributed by atoms with Gasteiger partial charge in [-0.15, -0.1) is 0 Å². The largest absolute Gasteiger partial charge is 0.490 e. The van der Waals surface area contributed by atoms with Crippen molar-refractivity contribution in [1.82, 2.24) is 10.1 Å². The lowest BCUT2D eigenvalue weighted by Crippen LogP contribution is -2.01. The van der Waals surface area contributed by atoms with Crippen LogP contribution in [0.4, 0.5) is 0 Å². The van der Waals surface area contributed by atoms with Crippen molar-refractivity contribution < 1.29 is 23.5 Å². The molecule has 4 rings (SSSR count). The summed E-state index contributed by atoms with van der Waals surface area (Å²) < 4.78 is 21.4. The number of hydrogen-bond donors (Lipinski definition) is 0. The summed E-state index contributed by atoms with van der Waals surface area (Å²) in [7, 11) is 0. The van der Waals surface area contributed by atoms with Gasteiger partial charge in [0.1, 0.15) is 0 Å². The third kappa shape index (κ3) is 4.35. The molecule has 1 aromatic carbocycles. The maximum absolute atomic E-state index is 11.9. The van der Waals surface area contributed by atoms with Gasteiger partial charge in [0.05, 0.1) is 13.2 Å². The van der Waals surface area contributed by atoms with Crippen LogP contribution in [0, 0.1) is 0 Å². The molecule has 1 aliphatic heterocycles. The maximum atomic E-state index is 11.9. The smallest absolute Gasteiger partial charge is 0.331 e. The van der Waals surface area contributed by atoms with Crippen molar-refractivity contribution >= 4 is 23.4 Å². The zero-order valence-corrected chi connectivity index (χ0v) is 15.1. The molecule has 0 N–H and O–H groups in total. The summed E-state index contributed by atoms with van der Waals surface area (Å²) in [4.78, 5) is 16.1. The predicted molar refractivity (Wildman–Crippen MR) is 98.5 cm³/mol. The number of fused-ring (bicyclic) bond motifs is 1. The van der Waals surface area contributed by atoms with E-state index in [0.717, 1.165) is 17.5 Å². The van der Waals surface area contributed by atoms with Gasteiger partial charge >= 0.3 is 5.97 Å². The summed E-state index contributed by atoms with van der Waals surface area (Å²) in [6.07, 6.45) is 3.84. The van der Waals surface area contributed by atoms with Crippen LogP contribution in [0.2, 0.25) is 0 Å². The number of aromatic nitrogens is 2. The van der Waals surface area contributed by atoms with Gasteiger partial charge in [0.15, 0.2) is 18.1 Å². The Labute approximate surface area is 159 Å². The fraction of sp³-hybridized carbons (Fsp3) is 0.211. The van der Waals surface area contributed by atoms with E-state index in [4.69, 9.17) is 18.7 Å². The Morgan fingerprint density at radius 2 is 2.11 bits per heavy atom. The molecule has 0 radical (unpaired) electrons. The van der Waals surface area contributed by atoms with Crippen molar-refractivity contribution in [3.8, 4) is 22.9 Å². The van der Waals surface area contributed by atoms with E-state index in [2.05, 4.69) is 10.1 Å². The van der Waals surface area contributed by atoms with Gasteiger partial charge in [0, 0.05) is 23.4 Å². The molecule has 7 nitrogen and oxygen atoms in total. The molecule has 0 fully saturated rings. The number of esters is 1. The van der Waals surface area contributed by atoms with Gasteiger partial charge in [-0.05, 0) is 35.2 Å². The monoisotopic (exact) mass is 384 g/mol. The molecular weight excluding hydrogens is 368 g/mol. The number of nitrogens with zero attached hydrogens (tertiary/aromatic N) is 2. The van der Waals surface area contributed by atoms with Crippen LogP contribution in [0.15, 0.2) is 45.6 Å². The van der Waals surface area contributed by atoms with Crippen molar-refractivity contribution in [2.24, 2.45) is 0 Å². The second kappa shape index (κ2) is 8.05. The number of ether oxygens (including phenoxy) is 3. The standard InChI is InChI=1S/C19H16N2O5S/c22-18(25-11-17-20-19(21-26-17)14-6-9-27-12-14)5-3-13-2-4-15-16(10-13)24-8-1-7-23-15/h2-6,9-10,12H,1,7-8,11H2/b5-3+. The zero-order chi connectivity index (χ0) is 18.5. The Hall–Kier alpha value is -3.13. The van der Waals surface area contributed by atoms with Crippen molar-refractivity contribution in [3.63, 3.8) is 0 Å². The van der Waals surface area contributed by atoms with E-state index < -0.39 is 5.97 Å². The molecular formula is C19H16N2O5S. The number of benzene rings is 1. The maximum Gasteiger partial charge on any atom is 0.331 e. The first-order valence-electron chi connectivity index (χ1n) is 8.37. The number of thiophene rings is 1. The number of hydrogen-bond acceptors (Lipinski definition) is 8. The predicted octanol–water partition coefficient (Wildman–Crippen LogP) is 3.72. The molecule has 27 heavy (non-hydrogen) atoms. The van der Waals surface area contributed by atoms with Crippen LogP contribution < -0.4 is 9.47 Å². The lowest BCUT2D eigenvalue weighted by molar-refractivity contribution is -0.139. The van der Waals surface area contributed by atoms with Gasteiger partial charge in [-0.3, -0.25) is 0 Å².